The van der Waals surface area contributed by atoms with Crippen molar-refractivity contribution >= 4 is 11.6 Å². The minimum absolute atomic E-state index is 0.0109. The zero-order chi connectivity index (χ0) is 18.5. The Kier molecular flexibility index (Phi) is 7.30. The Morgan fingerprint density at radius 3 is 2.58 bits per heavy atom. The van der Waals surface area contributed by atoms with Gasteiger partial charge in [0.15, 0.2) is 11.6 Å². The lowest BCUT2D eigenvalue weighted by Crippen LogP contribution is -2.40. The number of carbonyl (C=O) groups excluding carboxylic acids is 2. The lowest BCUT2D eigenvalue weighted by Gasteiger charge is -2.33. The molecule has 0 bridgehead atoms. The quantitative estimate of drug-likeness (QED) is 0.553. The lowest BCUT2D eigenvalue weighted by molar-refractivity contribution is -0.128. The third kappa shape index (κ3) is 5.84. The molecule has 0 heterocycles. The third-order valence-electron chi connectivity index (χ3n) is 4.56. The summed E-state index contributed by atoms with van der Waals surface area (Å²) in [5.74, 6) is -0.728. The number of allylic oxidation sites excluding steroid dienone is 4. The average molecular weight is 334 g/mol. The summed E-state index contributed by atoms with van der Waals surface area (Å²) in [6.07, 6.45) is 6.09. The molecule has 0 aliphatic heterocycles. The van der Waals surface area contributed by atoms with Crippen LogP contribution in [0.15, 0.2) is 34.9 Å². The number of ketones is 2. The summed E-state index contributed by atoms with van der Waals surface area (Å²) in [6, 6.07) is 0. The van der Waals surface area contributed by atoms with E-state index in [1.165, 1.54) is 6.08 Å². The fourth-order valence-electron chi connectivity index (χ4n) is 3.01. The van der Waals surface area contributed by atoms with Gasteiger partial charge in [-0.1, -0.05) is 17.2 Å². The first-order valence-electron chi connectivity index (χ1n) is 8.51. The van der Waals surface area contributed by atoms with E-state index in [9.17, 15) is 19.8 Å². The van der Waals surface area contributed by atoms with E-state index >= 15 is 0 Å². The number of aliphatic hydroxyl groups excluding tert-OH is 1. The SMILES string of the molecule is CC(C)=CC(=O)C(O)/C(C)=C/CC[C@](C)(O)[C@@H]1CCC(C)=CC1=O. The molecule has 0 radical (unpaired) electrons. The van der Waals surface area contributed by atoms with Gasteiger partial charge >= 0.3 is 0 Å². The Morgan fingerprint density at radius 2 is 2.04 bits per heavy atom. The van der Waals surface area contributed by atoms with Gasteiger partial charge in [-0.25, -0.2) is 0 Å². The van der Waals surface area contributed by atoms with Crippen molar-refractivity contribution in [3.05, 3.63) is 34.9 Å². The number of hydrogen-bond donors (Lipinski definition) is 2. The molecule has 0 aromatic carbocycles. The molecule has 0 aromatic heterocycles. The van der Waals surface area contributed by atoms with Gasteiger partial charge in [-0.3, -0.25) is 9.59 Å². The topological polar surface area (TPSA) is 74.6 Å². The van der Waals surface area contributed by atoms with Gasteiger partial charge in [-0.2, -0.15) is 0 Å². The first-order chi connectivity index (χ1) is 11.0. The van der Waals surface area contributed by atoms with Gasteiger partial charge in [0.25, 0.3) is 0 Å². The van der Waals surface area contributed by atoms with Crippen molar-refractivity contribution in [3.63, 3.8) is 0 Å². The second kappa shape index (κ2) is 8.54. The summed E-state index contributed by atoms with van der Waals surface area (Å²) in [4.78, 5) is 23.9. The van der Waals surface area contributed by atoms with E-state index in [0.29, 0.717) is 24.8 Å². The Bertz CT molecular complexity index is 574. The van der Waals surface area contributed by atoms with Crippen molar-refractivity contribution < 1.29 is 19.8 Å². The van der Waals surface area contributed by atoms with Crippen LogP contribution in [0.5, 0.6) is 0 Å². The van der Waals surface area contributed by atoms with Gasteiger partial charge in [-0.15, -0.1) is 0 Å². The van der Waals surface area contributed by atoms with Gasteiger partial charge < -0.3 is 10.2 Å². The smallest absolute Gasteiger partial charge is 0.188 e. The van der Waals surface area contributed by atoms with Crippen molar-refractivity contribution in [2.45, 2.75) is 72.0 Å². The van der Waals surface area contributed by atoms with Crippen LogP contribution in [0.2, 0.25) is 0 Å². The molecule has 2 N–H and O–H groups in total. The van der Waals surface area contributed by atoms with E-state index in [1.54, 1.807) is 39.8 Å². The summed E-state index contributed by atoms with van der Waals surface area (Å²) >= 11 is 0. The molecule has 0 amide bonds. The molecule has 1 unspecified atom stereocenters. The molecule has 4 heteroatoms. The number of aliphatic hydroxyl groups is 2. The Labute approximate surface area is 145 Å². The fraction of sp³-hybridized carbons (Fsp3) is 0.600. The van der Waals surface area contributed by atoms with E-state index in [2.05, 4.69) is 0 Å². The van der Waals surface area contributed by atoms with E-state index in [4.69, 9.17) is 0 Å². The summed E-state index contributed by atoms with van der Waals surface area (Å²) in [7, 11) is 0. The summed E-state index contributed by atoms with van der Waals surface area (Å²) in [5.41, 5.74) is 1.39. The molecule has 0 aromatic rings. The van der Waals surface area contributed by atoms with Gasteiger partial charge in [0.05, 0.1) is 11.5 Å². The molecule has 134 valence electrons. The zero-order valence-corrected chi connectivity index (χ0v) is 15.4. The molecule has 0 saturated carbocycles. The fourth-order valence-corrected chi connectivity index (χ4v) is 3.01. The van der Waals surface area contributed by atoms with Crippen LogP contribution in [0.25, 0.3) is 0 Å². The maximum Gasteiger partial charge on any atom is 0.188 e. The normalized spacial score (nSPS) is 22.5. The number of rotatable bonds is 7. The molecule has 4 nitrogen and oxygen atoms in total. The first kappa shape index (κ1) is 20.5. The molecule has 0 spiro atoms. The van der Waals surface area contributed by atoms with Crippen LogP contribution in [0.1, 0.15) is 60.3 Å². The van der Waals surface area contributed by atoms with Crippen LogP contribution in [0, 0.1) is 5.92 Å². The van der Waals surface area contributed by atoms with Crippen molar-refractivity contribution in [1.82, 2.24) is 0 Å². The van der Waals surface area contributed by atoms with E-state index in [1.807, 2.05) is 6.92 Å². The summed E-state index contributed by atoms with van der Waals surface area (Å²) < 4.78 is 0. The van der Waals surface area contributed by atoms with E-state index in [-0.39, 0.29) is 17.5 Å². The predicted molar refractivity (Wildman–Crippen MR) is 95.5 cm³/mol. The highest BCUT2D eigenvalue weighted by molar-refractivity contribution is 5.96. The third-order valence-corrected chi connectivity index (χ3v) is 4.56. The standard InChI is InChI=1S/C20H30O4/c1-13(2)11-18(22)19(23)15(4)7-6-10-20(5,24)16-9-8-14(3)12-17(16)21/h7,11-12,16,19,23-24H,6,8-10H2,1-5H3/b15-7+/t16-,19?,20+/m1/s1. The zero-order valence-electron chi connectivity index (χ0n) is 15.4. The van der Waals surface area contributed by atoms with Crippen molar-refractivity contribution in [1.29, 1.82) is 0 Å². The van der Waals surface area contributed by atoms with Crippen molar-refractivity contribution in [3.8, 4) is 0 Å². The Hall–Kier alpha value is -1.52. The van der Waals surface area contributed by atoms with Crippen LogP contribution < -0.4 is 0 Å². The van der Waals surface area contributed by atoms with Crippen molar-refractivity contribution in [2.75, 3.05) is 0 Å². The molecule has 1 aliphatic carbocycles. The molecule has 3 atom stereocenters. The Balaban J connectivity index is 2.66. The second-order valence-corrected chi connectivity index (χ2v) is 7.35. The van der Waals surface area contributed by atoms with Gasteiger partial charge in [0, 0.05) is 0 Å². The van der Waals surface area contributed by atoms with Crippen LogP contribution in [0.3, 0.4) is 0 Å². The van der Waals surface area contributed by atoms with Gasteiger partial charge in [0.1, 0.15) is 6.10 Å². The highest BCUT2D eigenvalue weighted by Gasteiger charge is 2.37. The van der Waals surface area contributed by atoms with E-state index in [0.717, 1.165) is 17.6 Å². The monoisotopic (exact) mass is 334 g/mol. The van der Waals surface area contributed by atoms with Crippen LogP contribution in [-0.4, -0.2) is 33.5 Å². The van der Waals surface area contributed by atoms with Crippen LogP contribution in [-0.2, 0) is 9.59 Å². The minimum atomic E-state index is -1.15. The minimum Gasteiger partial charge on any atom is -0.389 e. The molecule has 0 saturated heterocycles. The predicted octanol–water partition coefficient (Wildman–Crippen LogP) is 3.29. The summed E-state index contributed by atoms with van der Waals surface area (Å²) in [6.45, 7) is 8.93. The first-order valence-corrected chi connectivity index (χ1v) is 8.51. The molecule has 1 aliphatic rings. The number of carbonyl (C=O) groups is 2. The van der Waals surface area contributed by atoms with Crippen LogP contribution >= 0.6 is 0 Å². The maximum absolute atomic E-state index is 12.1. The lowest BCUT2D eigenvalue weighted by atomic mass is 9.75. The average Bonchev–Trinajstić information content (AvgIpc) is 2.44. The highest BCUT2D eigenvalue weighted by atomic mass is 16.3. The van der Waals surface area contributed by atoms with E-state index < -0.39 is 11.7 Å². The Morgan fingerprint density at radius 1 is 1.42 bits per heavy atom. The molecular weight excluding hydrogens is 304 g/mol. The largest absolute Gasteiger partial charge is 0.389 e. The molecule has 24 heavy (non-hydrogen) atoms. The van der Waals surface area contributed by atoms with Gasteiger partial charge in [0.2, 0.25) is 0 Å². The van der Waals surface area contributed by atoms with Crippen molar-refractivity contribution in [2.24, 2.45) is 5.92 Å². The van der Waals surface area contributed by atoms with Crippen LogP contribution in [0.4, 0.5) is 0 Å². The molecule has 1 rings (SSSR count). The highest BCUT2D eigenvalue weighted by Crippen LogP contribution is 2.32. The summed E-state index contributed by atoms with van der Waals surface area (Å²) in [5, 5.41) is 20.7. The molecule has 0 fully saturated rings. The molecular formula is C20H30O4. The van der Waals surface area contributed by atoms with Gasteiger partial charge in [-0.05, 0) is 78.0 Å². The maximum atomic E-state index is 12.1. The number of hydrogen-bond acceptors (Lipinski definition) is 4. The second-order valence-electron chi connectivity index (χ2n) is 7.35.